The summed E-state index contributed by atoms with van der Waals surface area (Å²) in [5, 5.41) is 0.846. The first-order chi connectivity index (χ1) is 12.3. The van der Waals surface area contributed by atoms with Crippen LogP contribution in [0, 0.1) is 5.92 Å². The van der Waals surface area contributed by atoms with Crippen molar-refractivity contribution in [2.24, 2.45) is 5.92 Å². The minimum atomic E-state index is -0.352. The van der Waals surface area contributed by atoms with Crippen LogP contribution in [0.25, 0.3) is 11.0 Å². The van der Waals surface area contributed by atoms with Gasteiger partial charge in [0.25, 0.3) is 0 Å². The van der Waals surface area contributed by atoms with Gasteiger partial charge in [0, 0.05) is 13.8 Å². The van der Waals surface area contributed by atoms with Crippen LogP contribution >= 0.6 is 39.1 Å². The average molecular weight is 464 g/mol. The molecule has 1 aromatic carbocycles. The maximum Gasteiger partial charge on any atom is 0.302 e. The molecule has 3 unspecified atom stereocenters. The van der Waals surface area contributed by atoms with E-state index in [2.05, 4.69) is 20.9 Å². The van der Waals surface area contributed by atoms with Gasteiger partial charge in [-0.1, -0.05) is 23.2 Å². The lowest BCUT2D eigenvalue weighted by Crippen LogP contribution is -2.24. The normalized spacial score (nSPS) is 22.6. The van der Waals surface area contributed by atoms with Crippen molar-refractivity contribution in [1.29, 1.82) is 0 Å². The number of hydrogen-bond donors (Lipinski definition) is 0. The molecule has 0 amide bonds. The number of benzene rings is 1. The number of esters is 2. The van der Waals surface area contributed by atoms with Gasteiger partial charge in [-0.15, -0.1) is 0 Å². The smallest absolute Gasteiger partial charge is 0.302 e. The molecule has 0 saturated heterocycles. The summed E-state index contributed by atoms with van der Waals surface area (Å²) in [5.41, 5.74) is 1.48. The van der Waals surface area contributed by atoms with Crippen molar-refractivity contribution in [3.05, 3.63) is 26.9 Å². The second-order valence-electron chi connectivity index (χ2n) is 6.36. The number of fused-ring (bicyclic) bond motifs is 1. The van der Waals surface area contributed by atoms with E-state index in [9.17, 15) is 9.59 Å². The van der Waals surface area contributed by atoms with Crippen LogP contribution < -0.4 is 0 Å². The van der Waals surface area contributed by atoms with E-state index in [-0.39, 0.29) is 30.0 Å². The number of nitrogens with zero attached hydrogens (tertiary/aromatic N) is 2. The third-order valence-corrected chi connectivity index (χ3v) is 5.71. The third-order valence-electron chi connectivity index (χ3n) is 4.43. The van der Waals surface area contributed by atoms with Gasteiger partial charge in [0.15, 0.2) is 4.73 Å². The molecule has 1 aliphatic rings. The molecule has 0 radical (unpaired) electrons. The molecule has 6 nitrogen and oxygen atoms in total. The Balaban J connectivity index is 1.97. The zero-order valence-corrected chi connectivity index (χ0v) is 17.3. The summed E-state index contributed by atoms with van der Waals surface area (Å²) in [7, 11) is 0. The highest BCUT2D eigenvalue weighted by Gasteiger charge is 2.39. The van der Waals surface area contributed by atoms with E-state index in [1.807, 2.05) is 4.57 Å². The minimum Gasteiger partial charge on any atom is -0.466 e. The summed E-state index contributed by atoms with van der Waals surface area (Å²) in [6.45, 7) is 3.05. The van der Waals surface area contributed by atoms with Gasteiger partial charge in [-0.2, -0.15) is 0 Å². The number of hydrogen-bond acceptors (Lipinski definition) is 5. The van der Waals surface area contributed by atoms with E-state index in [1.54, 1.807) is 12.1 Å². The largest absolute Gasteiger partial charge is 0.466 e. The van der Waals surface area contributed by atoms with Gasteiger partial charge in [0.05, 0.1) is 33.7 Å². The first-order valence-electron chi connectivity index (χ1n) is 8.09. The molecule has 1 fully saturated rings. The lowest BCUT2D eigenvalue weighted by molar-refractivity contribution is -0.148. The van der Waals surface area contributed by atoms with Crippen molar-refractivity contribution in [3.8, 4) is 0 Å². The van der Waals surface area contributed by atoms with Gasteiger partial charge in [0.2, 0.25) is 0 Å². The second-order valence-corrected chi connectivity index (χ2v) is 7.88. The predicted octanol–water partition coefficient (Wildman–Crippen LogP) is 4.55. The Kier molecular flexibility index (Phi) is 5.79. The van der Waals surface area contributed by atoms with Gasteiger partial charge in [-0.3, -0.25) is 9.59 Å². The summed E-state index contributed by atoms with van der Waals surface area (Å²) in [5.74, 6) is -0.594. The molecule has 2 aromatic rings. The van der Waals surface area contributed by atoms with Gasteiger partial charge in [0.1, 0.15) is 6.10 Å². The average Bonchev–Trinajstić information content (AvgIpc) is 3.05. The Morgan fingerprint density at radius 1 is 1.23 bits per heavy atom. The quantitative estimate of drug-likeness (QED) is 0.622. The van der Waals surface area contributed by atoms with Crippen LogP contribution in [0.1, 0.15) is 32.7 Å². The first-order valence-corrected chi connectivity index (χ1v) is 9.64. The third kappa shape index (κ3) is 4.00. The summed E-state index contributed by atoms with van der Waals surface area (Å²) in [4.78, 5) is 27.1. The number of halogens is 3. The minimum absolute atomic E-state index is 0.0837. The number of rotatable bonds is 4. The number of carbonyl (C=O) groups is 2. The van der Waals surface area contributed by atoms with Crippen LogP contribution in [0.4, 0.5) is 0 Å². The fraction of sp³-hybridized carbons (Fsp3) is 0.471. The molecular formula is C17H17BrCl2N2O4. The topological polar surface area (TPSA) is 70.4 Å². The summed E-state index contributed by atoms with van der Waals surface area (Å²) in [6, 6.07) is 3.30. The van der Waals surface area contributed by atoms with Crippen molar-refractivity contribution in [2.75, 3.05) is 6.61 Å². The van der Waals surface area contributed by atoms with E-state index in [0.29, 0.717) is 39.7 Å². The van der Waals surface area contributed by atoms with Gasteiger partial charge >= 0.3 is 11.9 Å². The molecule has 1 aliphatic carbocycles. The van der Waals surface area contributed by atoms with E-state index in [0.717, 1.165) is 5.52 Å². The van der Waals surface area contributed by atoms with Gasteiger partial charge < -0.3 is 14.0 Å². The molecule has 0 aliphatic heterocycles. The SMILES string of the molecule is CC(=O)OCC1CC(OC(C)=O)C(n2c(Br)nc3cc(Cl)c(Cl)cc32)C1. The van der Waals surface area contributed by atoms with E-state index in [4.69, 9.17) is 32.7 Å². The van der Waals surface area contributed by atoms with E-state index < -0.39 is 0 Å². The van der Waals surface area contributed by atoms with Crippen molar-refractivity contribution >= 4 is 62.1 Å². The Hall–Kier alpha value is -1.31. The fourth-order valence-corrected chi connectivity index (χ4v) is 4.40. The summed E-state index contributed by atoms with van der Waals surface area (Å²) in [6.07, 6.45) is 0.928. The van der Waals surface area contributed by atoms with Crippen LogP contribution in [-0.2, 0) is 19.1 Å². The van der Waals surface area contributed by atoms with Crippen LogP contribution in [0.2, 0.25) is 10.0 Å². The Labute approximate surface area is 168 Å². The van der Waals surface area contributed by atoms with Gasteiger partial charge in [-0.05, 0) is 46.8 Å². The molecular weight excluding hydrogens is 447 g/mol. The molecule has 3 rings (SSSR count). The van der Waals surface area contributed by atoms with E-state index >= 15 is 0 Å². The molecule has 0 spiro atoms. The Morgan fingerprint density at radius 3 is 2.58 bits per heavy atom. The lowest BCUT2D eigenvalue weighted by atomic mass is 10.1. The molecule has 1 saturated carbocycles. The lowest BCUT2D eigenvalue weighted by Gasteiger charge is -2.22. The standard InChI is InChI=1S/C17H17BrCl2N2O4/c1-8(23)25-7-10-3-15(16(4-10)26-9(2)24)22-14-6-12(20)11(19)5-13(14)21-17(22)18/h5-6,10,15-16H,3-4,7H2,1-2H3. The second kappa shape index (κ2) is 7.74. The monoisotopic (exact) mass is 462 g/mol. The highest BCUT2D eigenvalue weighted by Crippen LogP contribution is 2.42. The number of carbonyl (C=O) groups excluding carboxylic acids is 2. The highest BCUT2D eigenvalue weighted by atomic mass is 79.9. The highest BCUT2D eigenvalue weighted by molar-refractivity contribution is 9.10. The zero-order valence-electron chi connectivity index (χ0n) is 14.2. The Morgan fingerprint density at radius 2 is 1.92 bits per heavy atom. The first kappa shape index (κ1) is 19.5. The molecule has 0 N–H and O–H groups in total. The maximum absolute atomic E-state index is 11.6. The molecule has 0 bridgehead atoms. The fourth-order valence-electron chi connectivity index (χ4n) is 3.43. The van der Waals surface area contributed by atoms with Crippen molar-refractivity contribution in [2.45, 2.75) is 38.8 Å². The maximum atomic E-state index is 11.6. The Bertz CT molecular complexity index is 870. The van der Waals surface area contributed by atoms with Crippen molar-refractivity contribution in [3.63, 3.8) is 0 Å². The molecule has 3 atom stereocenters. The molecule has 1 aromatic heterocycles. The molecule has 140 valence electrons. The van der Waals surface area contributed by atoms with Crippen molar-refractivity contribution < 1.29 is 19.1 Å². The molecule has 1 heterocycles. The van der Waals surface area contributed by atoms with Crippen LogP contribution in [0.5, 0.6) is 0 Å². The number of aromatic nitrogens is 2. The van der Waals surface area contributed by atoms with Crippen LogP contribution in [0.3, 0.4) is 0 Å². The number of ether oxygens (including phenoxy) is 2. The van der Waals surface area contributed by atoms with E-state index in [1.165, 1.54) is 13.8 Å². The predicted molar refractivity (Wildman–Crippen MR) is 101 cm³/mol. The van der Waals surface area contributed by atoms with Crippen LogP contribution in [-0.4, -0.2) is 34.2 Å². The van der Waals surface area contributed by atoms with Crippen molar-refractivity contribution in [1.82, 2.24) is 9.55 Å². The van der Waals surface area contributed by atoms with Gasteiger partial charge in [-0.25, -0.2) is 4.98 Å². The summed E-state index contributed by atoms with van der Waals surface area (Å²) >= 11 is 15.7. The van der Waals surface area contributed by atoms with Crippen LogP contribution in [0.15, 0.2) is 16.9 Å². The molecule has 9 heteroatoms. The number of imidazole rings is 1. The molecule has 26 heavy (non-hydrogen) atoms. The summed E-state index contributed by atoms with van der Waals surface area (Å²) < 4.78 is 13.2. The zero-order chi connectivity index (χ0) is 19.0.